The van der Waals surface area contributed by atoms with Gasteiger partial charge in [-0.3, -0.25) is 0 Å². The minimum absolute atomic E-state index is 0.484. The summed E-state index contributed by atoms with van der Waals surface area (Å²) < 4.78 is 0. The van der Waals surface area contributed by atoms with Gasteiger partial charge in [-0.2, -0.15) is 0 Å². The first-order valence-electron chi connectivity index (χ1n) is 5.98. The van der Waals surface area contributed by atoms with Crippen molar-refractivity contribution < 1.29 is 0 Å². The van der Waals surface area contributed by atoms with Crippen molar-refractivity contribution in [1.82, 2.24) is 0 Å². The van der Waals surface area contributed by atoms with Crippen LogP contribution in [0.2, 0.25) is 0 Å². The highest BCUT2D eigenvalue weighted by molar-refractivity contribution is 4.86. The van der Waals surface area contributed by atoms with Crippen molar-refractivity contribution in [3.8, 4) is 0 Å². The lowest BCUT2D eigenvalue weighted by Crippen LogP contribution is -2.40. The van der Waals surface area contributed by atoms with Crippen molar-refractivity contribution in [2.24, 2.45) is 23.5 Å². The van der Waals surface area contributed by atoms with Crippen LogP contribution in [0.1, 0.15) is 52.9 Å². The summed E-state index contributed by atoms with van der Waals surface area (Å²) in [6, 6.07) is 0.484. The third-order valence-electron chi connectivity index (χ3n) is 4.03. The smallest absolute Gasteiger partial charge is 0.00699 e. The zero-order chi connectivity index (χ0) is 9.84. The largest absolute Gasteiger partial charge is 0.327 e. The Labute approximate surface area is 83.1 Å². The molecule has 4 atom stereocenters. The van der Waals surface area contributed by atoms with Crippen molar-refractivity contribution in [2.75, 3.05) is 0 Å². The molecule has 13 heavy (non-hydrogen) atoms. The van der Waals surface area contributed by atoms with Crippen LogP contribution in [-0.2, 0) is 0 Å². The second-order valence-electron chi connectivity index (χ2n) is 4.64. The lowest BCUT2D eigenvalue weighted by molar-refractivity contribution is 0.143. The zero-order valence-electron chi connectivity index (χ0n) is 9.42. The molecule has 0 aromatic rings. The van der Waals surface area contributed by atoms with E-state index in [4.69, 9.17) is 5.73 Å². The summed E-state index contributed by atoms with van der Waals surface area (Å²) >= 11 is 0. The zero-order valence-corrected chi connectivity index (χ0v) is 9.42. The summed E-state index contributed by atoms with van der Waals surface area (Å²) in [6.45, 7) is 6.92. The Hall–Kier alpha value is -0.0400. The predicted molar refractivity (Wildman–Crippen MR) is 58.6 cm³/mol. The van der Waals surface area contributed by atoms with E-state index in [9.17, 15) is 0 Å². The van der Waals surface area contributed by atoms with Crippen molar-refractivity contribution >= 4 is 0 Å². The number of nitrogens with two attached hydrogens (primary N) is 1. The number of rotatable bonds is 3. The van der Waals surface area contributed by atoms with E-state index in [-0.39, 0.29) is 0 Å². The molecule has 2 N–H and O–H groups in total. The highest BCUT2D eigenvalue weighted by Gasteiger charge is 2.32. The summed E-state index contributed by atoms with van der Waals surface area (Å²) in [6.07, 6.45) is 6.60. The SMILES string of the molecule is CCC1CC(CC)C(CC)CC1N. The van der Waals surface area contributed by atoms with Crippen LogP contribution < -0.4 is 5.73 Å². The molecule has 1 aliphatic rings. The minimum Gasteiger partial charge on any atom is -0.327 e. The normalized spacial score (nSPS) is 40.6. The molecule has 0 amide bonds. The van der Waals surface area contributed by atoms with Gasteiger partial charge >= 0.3 is 0 Å². The quantitative estimate of drug-likeness (QED) is 0.714. The minimum atomic E-state index is 0.484. The molecule has 1 aliphatic carbocycles. The Morgan fingerprint density at radius 3 is 1.77 bits per heavy atom. The highest BCUT2D eigenvalue weighted by atomic mass is 14.7. The molecule has 0 bridgehead atoms. The number of hydrogen-bond donors (Lipinski definition) is 1. The molecule has 4 unspecified atom stereocenters. The van der Waals surface area contributed by atoms with Crippen LogP contribution in [0.25, 0.3) is 0 Å². The fraction of sp³-hybridized carbons (Fsp3) is 1.00. The van der Waals surface area contributed by atoms with Gasteiger partial charge in [0.1, 0.15) is 0 Å². The number of hydrogen-bond acceptors (Lipinski definition) is 1. The molecule has 0 aliphatic heterocycles. The van der Waals surface area contributed by atoms with Crippen molar-refractivity contribution in [3.05, 3.63) is 0 Å². The van der Waals surface area contributed by atoms with Crippen LogP contribution in [-0.4, -0.2) is 6.04 Å². The first kappa shape index (κ1) is 11.0. The van der Waals surface area contributed by atoms with Gasteiger partial charge in [0.05, 0.1) is 0 Å². The molecule has 78 valence electrons. The first-order valence-corrected chi connectivity index (χ1v) is 5.98. The molecule has 0 spiro atoms. The fourth-order valence-electron chi connectivity index (χ4n) is 2.96. The Kier molecular flexibility index (Phi) is 4.24. The van der Waals surface area contributed by atoms with Crippen LogP contribution in [0.15, 0.2) is 0 Å². The van der Waals surface area contributed by atoms with Gasteiger partial charge in [0, 0.05) is 6.04 Å². The van der Waals surface area contributed by atoms with E-state index in [1.54, 1.807) is 0 Å². The Balaban J connectivity index is 2.54. The van der Waals surface area contributed by atoms with Crippen molar-refractivity contribution in [3.63, 3.8) is 0 Å². The molecule has 1 nitrogen and oxygen atoms in total. The lowest BCUT2D eigenvalue weighted by Gasteiger charge is -2.39. The third-order valence-corrected chi connectivity index (χ3v) is 4.03. The summed E-state index contributed by atoms with van der Waals surface area (Å²) in [7, 11) is 0. The van der Waals surface area contributed by atoms with Crippen LogP contribution in [0.3, 0.4) is 0 Å². The van der Waals surface area contributed by atoms with E-state index in [0.717, 1.165) is 17.8 Å². The molecule has 0 saturated heterocycles. The summed E-state index contributed by atoms with van der Waals surface area (Å²) in [5.74, 6) is 2.66. The maximum absolute atomic E-state index is 6.17. The van der Waals surface area contributed by atoms with Gasteiger partial charge in [-0.1, -0.05) is 40.0 Å². The van der Waals surface area contributed by atoms with E-state index in [1.807, 2.05) is 0 Å². The molecule has 1 heteroatoms. The van der Waals surface area contributed by atoms with Gasteiger partial charge in [0.2, 0.25) is 0 Å². The third kappa shape index (κ3) is 2.46. The molecular formula is C12H25N. The molecule has 0 aromatic carbocycles. The summed E-state index contributed by atoms with van der Waals surface area (Å²) in [4.78, 5) is 0. The van der Waals surface area contributed by atoms with Gasteiger partial charge in [-0.05, 0) is 30.6 Å². The second kappa shape index (κ2) is 4.99. The maximum Gasteiger partial charge on any atom is 0.00699 e. The van der Waals surface area contributed by atoms with E-state index in [1.165, 1.54) is 32.1 Å². The topological polar surface area (TPSA) is 26.0 Å². The highest BCUT2D eigenvalue weighted by Crippen LogP contribution is 2.38. The second-order valence-corrected chi connectivity index (χ2v) is 4.64. The van der Waals surface area contributed by atoms with Gasteiger partial charge in [-0.25, -0.2) is 0 Å². The maximum atomic E-state index is 6.17. The Morgan fingerprint density at radius 1 is 0.846 bits per heavy atom. The molecule has 1 fully saturated rings. The summed E-state index contributed by atoms with van der Waals surface area (Å²) in [5, 5.41) is 0. The Morgan fingerprint density at radius 2 is 1.31 bits per heavy atom. The van der Waals surface area contributed by atoms with Gasteiger partial charge in [-0.15, -0.1) is 0 Å². The standard InChI is InChI=1S/C12H25N/c1-4-9-7-11(6-3)12(13)8-10(9)5-2/h9-12H,4-8,13H2,1-3H3. The van der Waals surface area contributed by atoms with Crippen LogP contribution in [0.4, 0.5) is 0 Å². The van der Waals surface area contributed by atoms with E-state index >= 15 is 0 Å². The van der Waals surface area contributed by atoms with Crippen LogP contribution in [0.5, 0.6) is 0 Å². The van der Waals surface area contributed by atoms with Crippen LogP contribution >= 0.6 is 0 Å². The lowest BCUT2D eigenvalue weighted by atomic mass is 9.69. The monoisotopic (exact) mass is 183 g/mol. The molecule has 1 rings (SSSR count). The molecule has 0 radical (unpaired) electrons. The average Bonchev–Trinajstić information content (AvgIpc) is 2.17. The fourth-order valence-corrected chi connectivity index (χ4v) is 2.96. The van der Waals surface area contributed by atoms with E-state index in [0.29, 0.717) is 6.04 Å². The van der Waals surface area contributed by atoms with Gasteiger partial charge < -0.3 is 5.73 Å². The van der Waals surface area contributed by atoms with Crippen molar-refractivity contribution in [1.29, 1.82) is 0 Å². The molecular weight excluding hydrogens is 158 g/mol. The molecule has 0 aromatic heterocycles. The molecule has 0 heterocycles. The van der Waals surface area contributed by atoms with E-state index in [2.05, 4.69) is 20.8 Å². The van der Waals surface area contributed by atoms with E-state index < -0.39 is 0 Å². The Bertz CT molecular complexity index is 144. The van der Waals surface area contributed by atoms with Gasteiger partial charge in [0.15, 0.2) is 0 Å². The average molecular weight is 183 g/mol. The molecule has 1 saturated carbocycles. The first-order chi connectivity index (χ1) is 6.22. The van der Waals surface area contributed by atoms with Crippen LogP contribution in [0, 0.1) is 17.8 Å². The predicted octanol–water partition coefficient (Wildman–Crippen LogP) is 3.19. The van der Waals surface area contributed by atoms with Gasteiger partial charge in [0.25, 0.3) is 0 Å². The van der Waals surface area contributed by atoms with Crippen molar-refractivity contribution in [2.45, 2.75) is 58.9 Å². The summed E-state index contributed by atoms with van der Waals surface area (Å²) in [5.41, 5.74) is 6.17.